The molecule has 0 saturated carbocycles. The molecule has 1 aromatic heterocycles. The third kappa shape index (κ3) is 4.76. The molecule has 3 rings (SSSR count). The number of amides is 1. The third-order valence-electron chi connectivity index (χ3n) is 4.51. The van der Waals surface area contributed by atoms with Gasteiger partial charge in [-0.05, 0) is 31.5 Å². The summed E-state index contributed by atoms with van der Waals surface area (Å²) in [5.74, 6) is 1.65. The van der Waals surface area contributed by atoms with Crippen LogP contribution in [0.3, 0.4) is 0 Å². The fourth-order valence-corrected chi connectivity index (χ4v) is 2.99. The largest absolute Gasteiger partial charge is 0.496 e. The Hall–Kier alpha value is -3.15. The van der Waals surface area contributed by atoms with E-state index in [2.05, 4.69) is 10.1 Å². The van der Waals surface area contributed by atoms with Gasteiger partial charge in [-0.15, -0.1) is 0 Å². The number of rotatable bonds is 8. The van der Waals surface area contributed by atoms with Crippen LogP contribution in [-0.2, 0) is 17.8 Å². The second kappa shape index (κ2) is 9.17. The molecule has 0 saturated heterocycles. The minimum absolute atomic E-state index is 0.0656. The standard InChI is InChI=1S/C22H25N3O3/c1-16(2)25(15-17-9-5-4-6-10-17)21(26)14-13-20-23-22(24-28-20)18-11-7-8-12-19(18)27-3/h4-12,16H,13-15H2,1-3H3. The Labute approximate surface area is 165 Å². The molecule has 0 spiro atoms. The molecular formula is C22H25N3O3. The molecule has 0 aliphatic rings. The zero-order chi connectivity index (χ0) is 19.9. The molecule has 3 aromatic rings. The highest BCUT2D eigenvalue weighted by Crippen LogP contribution is 2.27. The van der Waals surface area contributed by atoms with Crippen LogP contribution < -0.4 is 4.74 Å². The maximum Gasteiger partial charge on any atom is 0.227 e. The van der Waals surface area contributed by atoms with E-state index in [0.29, 0.717) is 36.9 Å². The van der Waals surface area contributed by atoms with E-state index in [1.54, 1.807) is 7.11 Å². The summed E-state index contributed by atoms with van der Waals surface area (Å²) >= 11 is 0. The quantitative estimate of drug-likeness (QED) is 0.589. The summed E-state index contributed by atoms with van der Waals surface area (Å²) in [6.07, 6.45) is 0.720. The highest BCUT2D eigenvalue weighted by molar-refractivity contribution is 5.76. The predicted molar refractivity (Wildman–Crippen MR) is 107 cm³/mol. The number of carbonyl (C=O) groups excluding carboxylic acids is 1. The van der Waals surface area contributed by atoms with Gasteiger partial charge in [-0.3, -0.25) is 4.79 Å². The van der Waals surface area contributed by atoms with Crippen LogP contribution in [0.2, 0.25) is 0 Å². The van der Waals surface area contributed by atoms with Crippen molar-refractivity contribution in [2.24, 2.45) is 0 Å². The van der Waals surface area contributed by atoms with Crippen LogP contribution in [0.1, 0.15) is 31.7 Å². The van der Waals surface area contributed by atoms with Gasteiger partial charge in [0.1, 0.15) is 5.75 Å². The van der Waals surface area contributed by atoms with Crippen molar-refractivity contribution in [2.45, 2.75) is 39.3 Å². The number of aryl methyl sites for hydroxylation is 1. The van der Waals surface area contributed by atoms with E-state index in [0.717, 1.165) is 11.1 Å². The molecule has 6 nitrogen and oxygen atoms in total. The molecular weight excluding hydrogens is 354 g/mol. The summed E-state index contributed by atoms with van der Waals surface area (Å²) in [6.45, 7) is 4.63. The minimum atomic E-state index is 0.0656. The first-order valence-corrected chi connectivity index (χ1v) is 9.38. The lowest BCUT2D eigenvalue weighted by molar-refractivity contribution is -0.133. The number of carbonyl (C=O) groups is 1. The van der Waals surface area contributed by atoms with E-state index in [-0.39, 0.29) is 11.9 Å². The fraction of sp³-hybridized carbons (Fsp3) is 0.318. The third-order valence-corrected chi connectivity index (χ3v) is 4.51. The number of aromatic nitrogens is 2. The Balaban J connectivity index is 1.64. The van der Waals surface area contributed by atoms with Crippen LogP contribution in [0.5, 0.6) is 5.75 Å². The van der Waals surface area contributed by atoms with Crippen LogP contribution in [0.15, 0.2) is 59.1 Å². The Kier molecular flexibility index (Phi) is 6.42. The lowest BCUT2D eigenvalue weighted by Gasteiger charge is -2.26. The monoisotopic (exact) mass is 379 g/mol. The van der Waals surface area contributed by atoms with Gasteiger partial charge in [0, 0.05) is 25.4 Å². The Bertz CT molecular complexity index is 906. The van der Waals surface area contributed by atoms with E-state index < -0.39 is 0 Å². The van der Waals surface area contributed by atoms with Crippen LogP contribution in [0.4, 0.5) is 0 Å². The SMILES string of the molecule is COc1ccccc1-c1noc(CCC(=O)N(Cc2ccccc2)C(C)C)n1. The first-order chi connectivity index (χ1) is 13.6. The summed E-state index contributed by atoms with van der Waals surface area (Å²) in [5, 5.41) is 4.03. The van der Waals surface area contributed by atoms with Crippen molar-refractivity contribution in [1.29, 1.82) is 0 Å². The summed E-state index contributed by atoms with van der Waals surface area (Å²) in [5.41, 5.74) is 1.88. The zero-order valence-corrected chi connectivity index (χ0v) is 16.5. The molecule has 146 valence electrons. The molecule has 0 N–H and O–H groups in total. The van der Waals surface area contributed by atoms with Gasteiger partial charge >= 0.3 is 0 Å². The molecule has 0 fully saturated rings. The van der Waals surface area contributed by atoms with Crippen LogP contribution in [0.25, 0.3) is 11.4 Å². The maximum absolute atomic E-state index is 12.8. The van der Waals surface area contributed by atoms with Gasteiger partial charge in [0.15, 0.2) is 0 Å². The molecule has 6 heteroatoms. The summed E-state index contributed by atoms with van der Waals surface area (Å²) in [6, 6.07) is 17.6. The van der Waals surface area contributed by atoms with Crippen molar-refractivity contribution >= 4 is 5.91 Å². The van der Waals surface area contributed by atoms with Crippen molar-refractivity contribution in [3.8, 4) is 17.1 Å². The van der Waals surface area contributed by atoms with Gasteiger partial charge in [-0.1, -0.05) is 47.6 Å². The Morgan fingerprint density at radius 3 is 2.54 bits per heavy atom. The van der Waals surface area contributed by atoms with Crippen molar-refractivity contribution in [2.75, 3.05) is 7.11 Å². The average molecular weight is 379 g/mol. The zero-order valence-electron chi connectivity index (χ0n) is 16.5. The van der Waals surface area contributed by atoms with Crippen molar-refractivity contribution < 1.29 is 14.1 Å². The first kappa shape index (κ1) is 19.6. The molecule has 0 unspecified atom stereocenters. The number of para-hydroxylation sites is 1. The molecule has 0 bridgehead atoms. The summed E-state index contributed by atoms with van der Waals surface area (Å²) in [7, 11) is 1.60. The number of methoxy groups -OCH3 is 1. The molecule has 0 aliphatic heterocycles. The highest BCUT2D eigenvalue weighted by atomic mass is 16.5. The van der Waals surface area contributed by atoms with E-state index in [9.17, 15) is 4.79 Å². The lowest BCUT2D eigenvalue weighted by Crippen LogP contribution is -2.36. The van der Waals surface area contributed by atoms with E-state index >= 15 is 0 Å². The van der Waals surface area contributed by atoms with Crippen molar-refractivity contribution in [1.82, 2.24) is 15.0 Å². The second-order valence-corrected chi connectivity index (χ2v) is 6.81. The van der Waals surface area contributed by atoms with Gasteiger partial charge in [0.05, 0.1) is 12.7 Å². The summed E-state index contributed by atoms with van der Waals surface area (Å²) in [4.78, 5) is 19.0. The van der Waals surface area contributed by atoms with E-state index in [4.69, 9.17) is 9.26 Å². The predicted octanol–water partition coefficient (Wildman–Crippen LogP) is 4.12. The molecule has 2 aromatic carbocycles. The molecule has 0 atom stereocenters. The smallest absolute Gasteiger partial charge is 0.227 e. The van der Waals surface area contributed by atoms with Gasteiger partial charge in [-0.25, -0.2) is 0 Å². The first-order valence-electron chi connectivity index (χ1n) is 9.38. The topological polar surface area (TPSA) is 68.5 Å². The molecule has 1 heterocycles. The summed E-state index contributed by atoms with van der Waals surface area (Å²) < 4.78 is 10.7. The van der Waals surface area contributed by atoms with Crippen LogP contribution in [0, 0.1) is 0 Å². The maximum atomic E-state index is 12.8. The number of ether oxygens (including phenoxy) is 1. The van der Waals surface area contributed by atoms with E-state index in [1.165, 1.54) is 0 Å². The highest BCUT2D eigenvalue weighted by Gasteiger charge is 2.19. The van der Waals surface area contributed by atoms with Gasteiger partial charge in [-0.2, -0.15) is 4.98 Å². The average Bonchev–Trinajstić information content (AvgIpc) is 3.19. The number of hydrogen-bond acceptors (Lipinski definition) is 5. The minimum Gasteiger partial charge on any atom is -0.496 e. The van der Waals surface area contributed by atoms with Gasteiger partial charge in [0.25, 0.3) is 0 Å². The van der Waals surface area contributed by atoms with Crippen molar-refractivity contribution in [3.63, 3.8) is 0 Å². The van der Waals surface area contributed by atoms with Gasteiger partial charge < -0.3 is 14.2 Å². The Morgan fingerprint density at radius 1 is 1.11 bits per heavy atom. The molecule has 1 amide bonds. The van der Waals surface area contributed by atoms with Crippen molar-refractivity contribution in [3.05, 3.63) is 66.1 Å². The number of nitrogens with zero attached hydrogens (tertiary/aromatic N) is 3. The number of benzene rings is 2. The normalized spacial score (nSPS) is 10.9. The fourth-order valence-electron chi connectivity index (χ4n) is 2.99. The molecule has 0 radical (unpaired) electrons. The molecule has 28 heavy (non-hydrogen) atoms. The second-order valence-electron chi connectivity index (χ2n) is 6.81. The lowest BCUT2D eigenvalue weighted by atomic mass is 10.1. The van der Waals surface area contributed by atoms with E-state index in [1.807, 2.05) is 73.3 Å². The van der Waals surface area contributed by atoms with Gasteiger partial charge in [0.2, 0.25) is 17.6 Å². The Morgan fingerprint density at radius 2 is 1.82 bits per heavy atom. The van der Waals surface area contributed by atoms with Crippen LogP contribution in [-0.4, -0.2) is 34.1 Å². The molecule has 0 aliphatic carbocycles. The number of hydrogen-bond donors (Lipinski definition) is 0. The van der Waals surface area contributed by atoms with Crippen LogP contribution >= 0.6 is 0 Å².